The minimum absolute atomic E-state index is 0.927. The predicted octanol–water partition coefficient (Wildman–Crippen LogP) is 3.62. The van der Waals surface area contributed by atoms with Crippen molar-refractivity contribution in [2.24, 2.45) is 4.99 Å². The Kier molecular flexibility index (Phi) is 4.05. The number of fused-ring (bicyclic) bond motifs is 1. The van der Waals surface area contributed by atoms with E-state index in [1.165, 1.54) is 5.57 Å². The molecule has 0 N–H and O–H groups in total. The lowest BCUT2D eigenvalue weighted by molar-refractivity contribution is 1.27. The molecule has 2 rings (SSSR count). The molecule has 14 heavy (non-hydrogen) atoms. The van der Waals surface area contributed by atoms with Gasteiger partial charge in [0.1, 0.15) is 0 Å². The average Bonchev–Trinajstić information content (AvgIpc) is 2.41. The fourth-order valence-corrected chi connectivity index (χ4v) is 1.21. The molecule has 74 valence electrons. The van der Waals surface area contributed by atoms with E-state index in [0.29, 0.717) is 0 Å². The molecule has 0 amide bonds. The van der Waals surface area contributed by atoms with Crippen LogP contribution in [0, 0.1) is 0 Å². The zero-order chi connectivity index (χ0) is 10.4. The number of allylic oxidation sites excluding steroid dienone is 1. The summed E-state index contributed by atoms with van der Waals surface area (Å²) in [5, 5.41) is 0. The summed E-state index contributed by atoms with van der Waals surface area (Å²) in [6.45, 7) is 6.09. The molecule has 0 bridgehead atoms. The van der Waals surface area contributed by atoms with Gasteiger partial charge in [-0.15, -0.1) is 0 Å². The Labute approximate surface area is 85.4 Å². The first-order valence-electron chi connectivity index (χ1n) is 5.01. The normalized spacial score (nSPS) is 13.2. The van der Waals surface area contributed by atoms with Gasteiger partial charge in [0.15, 0.2) is 0 Å². The Bertz CT molecular complexity index is 351. The smallest absolute Gasteiger partial charge is 0.0885 e. The van der Waals surface area contributed by atoms with E-state index in [9.17, 15) is 0 Å². The van der Waals surface area contributed by atoms with Crippen LogP contribution in [0.4, 0.5) is 5.69 Å². The molecule has 0 atom stereocenters. The maximum absolute atomic E-state index is 4.30. The zero-order valence-corrected chi connectivity index (χ0v) is 8.99. The van der Waals surface area contributed by atoms with Crippen molar-refractivity contribution in [3.63, 3.8) is 0 Å². The predicted molar refractivity (Wildman–Crippen MR) is 62.0 cm³/mol. The number of rotatable bonds is 0. The van der Waals surface area contributed by atoms with Gasteiger partial charge in [-0.25, -0.2) is 0 Å². The Hall–Kier alpha value is -1.44. The zero-order valence-electron chi connectivity index (χ0n) is 8.99. The molecule has 0 aromatic carbocycles. The van der Waals surface area contributed by atoms with E-state index in [1.54, 1.807) is 6.20 Å². The van der Waals surface area contributed by atoms with Gasteiger partial charge in [-0.3, -0.25) is 9.98 Å². The van der Waals surface area contributed by atoms with Gasteiger partial charge >= 0.3 is 0 Å². The minimum Gasteiger partial charge on any atom is -0.259 e. The summed E-state index contributed by atoms with van der Waals surface area (Å²) < 4.78 is 0. The van der Waals surface area contributed by atoms with Gasteiger partial charge in [-0.2, -0.15) is 0 Å². The second-order valence-corrected chi connectivity index (χ2v) is 2.91. The molecule has 1 aliphatic heterocycles. The first-order valence-corrected chi connectivity index (χ1v) is 5.01. The Morgan fingerprint density at radius 2 is 2.07 bits per heavy atom. The number of aromatic nitrogens is 1. The topological polar surface area (TPSA) is 25.2 Å². The van der Waals surface area contributed by atoms with Crippen molar-refractivity contribution in [1.29, 1.82) is 0 Å². The van der Waals surface area contributed by atoms with E-state index in [-0.39, 0.29) is 0 Å². The largest absolute Gasteiger partial charge is 0.259 e. The fraction of sp³-hybridized carbons (Fsp3) is 0.333. The number of hydrogen-bond donors (Lipinski definition) is 0. The molecule has 0 aliphatic carbocycles. The van der Waals surface area contributed by atoms with E-state index in [1.807, 2.05) is 32.2 Å². The molecule has 0 saturated carbocycles. The summed E-state index contributed by atoms with van der Waals surface area (Å²) in [6, 6.07) is 3.89. The molecule has 1 aromatic rings. The Morgan fingerprint density at radius 1 is 1.29 bits per heavy atom. The lowest BCUT2D eigenvalue weighted by Crippen LogP contribution is -1.79. The van der Waals surface area contributed by atoms with Crippen LogP contribution >= 0.6 is 0 Å². The summed E-state index contributed by atoms with van der Waals surface area (Å²) in [5.74, 6) is 0. The second kappa shape index (κ2) is 5.32. The van der Waals surface area contributed by atoms with Gasteiger partial charge in [-0.1, -0.05) is 19.4 Å². The number of hydrogen-bond acceptors (Lipinski definition) is 2. The average molecular weight is 188 g/mol. The first kappa shape index (κ1) is 10.6. The van der Waals surface area contributed by atoms with Crippen molar-refractivity contribution < 1.29 is 0 Å². The highest BCUT2D eigenvalue weighted by Gasteiger charge is 2.01. The van der Waals surface area contributed by atoms with Gasteiger partial charge in [0.05, 0.1) is 11.4 Å². The molecule has 2 heteroatoms. The van der Waals surface area contributed by atoms with E-state index < -0.39 is 0 Å². The summed E-state index contributed by atoms with van der Waals surface area (Å²) in [7, 11) is 0. The first-order chi connectivity index (χ1) is 6.86. The summed E-state index contributed by atoms with van der Waals surface area (Å²) in [5.41, 5.74) is 3.24. The molecular formula is C12H16N2. The van der Waals surface area contributed by atoms with Crippen molar-refractivity contribution in [2.75, 3.05) is 0 Å². The Morgan fingerprint density at radius 3 is 2.86 bits per heavy atom. The minimum atomic E-state index is 0.927. The van der Waals surface area contributed by atoms with Gasteiger partial charge in [0.2, 0.25) is 0 Å². The van der Waals surface area contributed by atoms with Crippen LogP contribution in [0.2, 0.25) is 0 Å². The summed E-state index contributed by atoms with van der Waals surface area (Å²) in [6.07, 6.45) is 6.74. The molecule has 2 heterocycles. The molecule has 1 aliphatic rings. The van der Waals surface area contributed by atoms with Crippen LogP contribution in [-0.4, -0.2) is 11.2 Å². The molecule has 1 aromatic heterocycles. The molecule has 0 unspecified atom stereocenters. The van der Waals surface area contributed by atoms with Gasteiger partial charge < -0.3 is 0 Å². The number of nitrogens with zero attached hydrogens (tertiary/aromatic N) is 2. The number of pyridine rings is 1. The molecule has 2 nitrogen and oxygen atoms in total. The standard InChI is InChI=1S/C10H10N2.C2H6/c1-8-4-6-12-9-3-2-5-11-10(9)7-8;1-2/h2-3,5-7H,4H2,1H3;1-2H3. The second-order valence-electron chi connectivity index (χ2n) is 2.91. The molecule has 0 fully saturated rings. The molecular weight excluding hydrogens is 172 g/mol. The van der Waals surface area contributed by atoms with E-state index in [2.05, 4.69) is 23.0 Å². The highest BCUT2D eigenvalue weighted by atomic mass is 14.8. The Balaban J connectivity index is 0.000000461. The van der Waals surface area contributed by atoms with Gasteiger partial charge in [-0.05, 0) is 25.1 Å². The highest BCUT2D eigenvalue weighted by molar-refractivity contribution is 5.75. The lowest BCUT2D eigenvalue weighted by Gasteiger charge is -1.95. The quantitative estimate of drug-likeness (QED) is 0.610. The third kappa shape index (κ3) is 2.52. The van der Waals surface area contributed by atoms with Crippen molar-refractivity contribution in [1.82, 2.24) is 4.98 Å². The van der Waals surface area contributed by atoms with Crippen molar-refractivity contribution >= 4 is 18.0 Å². The number of aliphatic imine (C=N–C) groups is 1. The van der Waals surface area contributed by atoms with Crippen LogP contribution in [0.1, 0.15) is 32.9 Å². The maximum Gasteiger partial charge on any atom is 0.0885 e. The van der Waals surface area contributed by atoms with Crippen LogP contribution < -0.4 is 0 Å². The van der Waals surface area contributed by atoms with E-state index in [4.69, 9.17) is 0 Å². The lowest BCUT2D eigenvalue weighted by atomic mass is 10.2. The summed E-state index contributed by atoms with van der Waals surface area (Å²) >= 11 is 0. The maximum atomic E-state index is 4.30. The van der Waals surface area contributed by atoms with Crippen molar-refractivity contribution in [2.45, 2.75) is 27.2 Å². The van der Waals surface area contributed by atoms with Crippen LogP contribution in [0.5, 0.6) is 0 Å². The third-order valence-electron chi connectivity index (χ3n) is 1.84. The monoisotopic (exact) mass is 188 g/mol. The molecule has 0 saturated heterocycles. The van der Waals surface area contributed by atoms with Gasteiger partial charge in [0.25, 0.3) is 0 Å². The van der Waals surface area contributed by atoms with Crippen LogP contribution in [0.25, 0.3) is 6.08 Å². The third-order valence-corrected chi connectivity index (χ3v) is 1.84. The van der Waals surface area contributed by atoms with Crippen LogP contribution in [0.3, 0.4) is 0 Å². The highest BCUT2D eigenvalue weighted by Crippen LogP contribution is 2.21. The van der Waals surface area contributed by atoms with Crippen LogP contribution in [-0.2, 0) is 0 Å². The fourth-order valence-electron chi connectivity index (χ4n) is 1.21. The SMILES string of the molecule is CC.CC1=Cc2ncccc2N=CC1. The summed E-state index contributed by atoms with van der Waals surface area (Å²) in [4.78, 5) is 8.54. The van der Waals surface area contributed by atoms with Crippen molar-refractivity contribution in [3.8, 4) is 0 Å². The van der Waals surface area contributed by atoms with Gasteiger partial charge in [0, 0.05) is 18.8 Å². The van der Waals surface area contributed by atoms with E-state index in [0.717, 1.165) is 17.8 Å². The molecule has 0 spiro atoms. The van der Waals surface area contributed by atoms with Crippen LogP contribution in [0.15, 0.2) is 28.9 Å². The van der Waals surface area contributed by atoms with Crippen molar-refractivity contribution in [3.05, 3.63) is 29.6 Å². The van der Waals surface area contributed by atoms with E-state index >= 15 is 0 Å². The molecule has 0 radical (unpaired) electrons.